The molecule has 1 heterocycles. The molecule has 3 amide bonds. The van der Waals surface area contributed by atoms with Gasteiger partial charge in [0.1, 0.15) is 0 Å². The molecule has 3 N–H and O–H groups in total. The second kappa shape index (κ2) is 12.5. The highest BCUT2D eigenvalue weighted by molar-refractivity contribution is 6.04. The van der Waals surface area contributed by atoms with E-state index in [-0.39, 0.29) is 5.91 Å². The highest BCUT2D eigenvalue weighted by Crippen LogP contribution is 2.27. The largest absolute Gasteiger partial charge is 0.382 e. The first kappa shape index (κ1) is 24.1. The van der Waals surface area contributed by atoms with Gasteiger partial charge in [-0.2, -0.15) is 5.26 Å². The molecule has 2 aromatic rings. The topological polar surface area (TPSA) is 106 Å². The SMILES string of the molecule is CCOCCCNC(=O)c1cc(NC(=O)Nc2ccc(C#N)cc2)ccc1N1CCCCC1. The van der Waals surface area contributed by atoms with E-state index in [1.54, 1.807) is 30.3 Å². The van der Waals surface area contributed by atoms with Crippen LogP contribution in [-0.4, -0.2) is 44.8 Å². The summed E-state index contributed by atoms with van der Waals surface area (Å²) in [5.74, 6) is -0.164. The minimum Gasteiger partial charge on any atom is -0.382 e. The van der Waals surface area contributed by atoms with Crippen LogP contribution in [0.15, 0.2) is 42.5 Å². The molecular formula is C25H31N5O3. The molecule has 0 saturated carbocycles. The van der Waals surface area contributed by atoms with E-state index in [9.17, 15) is 9.59 Å². The number of urea groups is 1. The van der Waals surface area contributed by atoms with Crippen molar-refractivity contribution in [3.05, 3.63) is 53.6 Å². The van der Waals surface area contributed by atoms with Gasteiger partial charge in [-0.1, -0.05) is 0 Å². The molecule has 1 aliphatic rings. The number of anilines is 3. The number of nitrogens with one attached hydrogen (secondary N) is 3. The van der Waals surface area contributed by atoms with Gasteiger partial charge in [-0.25, -0.2) is 4.79 Å². The molecular weight excluding hydrogens is 418 g/mol. The van der Waals surface area contributed by atoms with Gasteiger partial charge in [0.2, 0.25) is 0 Å². The van der Waals surface area contributed by atoms with E-state index in [1.165, 1.54) is 6.42 Å². The van der Waals surface area contributed by atoms with Crippen molar-refractivity contribution in [1.82, 2.24) is 5.32 Å². The Morgan fingerprint density at radius 3 is 2.42 bits per heavy atom. The zero-order valence-corrected chi connectivity index (χ0v) is 19.0. The van der Waals surface area contributed by atoms with Crippen LogP contribution in [0.1, 0.15) is 48.5 Å². The van der Waals surface area contributed by atoms with E-state index in [2.05, 4.69) is 20.9 Å². The standard InChI is InChI=1S/C25H31N5O3/c1-2-33-16-6-13-27-24(31)22-17-21(11-12-23(22)30-14-4-3-5-15-30)29-25(32)28-20-9-7-19(18-26)8-10-20/h7-12,17H,2-6,13-16H2,1H3,(H,27,31)(H2,28,29,32). The smallest absolute Gasteiger partial charge is 0.323 e. The third-order valence-electron chi connectivity index (χ3n) is 5.42. The van der Waals surface area contributed by atoms with Crippen molar-refractivity contribution in [3.63, 3.8) is 0 Å². The lowest BCUT2D eigenvalue weighted by atomic mass is 10.1. The molecule has 0 bridgehead atoms. The first-order valence-electron chi connectivity index (χ1n) is 11.4. The normalized spacial score (nSPS) is 13.2. The predicted octanol–water partition coefficient (Wildman–Crippen LogP) is 4.35. The molecule has 1 saturated heterocycles. The fraction of sp³-hybridized carbons (Fsp3) is 0.400. The van der Waals surface area contributed by atoms with Crippen molar-refractivity contribution in [1.29, 1.82) is 5.26 Å². The number of piperidine rings is 1. The van der Waals surface area contributed by atoms with Gasteiger partial charge in [0.05, 0.1) is 17.2 Å². The Labute approximate surface area is 194 Å². The zero-order chi connectivity index (χ0) is 23.5. The molecule has 33 heavy (non-hydrogen) atoms. The molecule has 1 aliphatic heterocycles. The number of hydrogen-bond donors (Lipinski definition) is 3. The van der Waals surface area contributed by atoms with Crippen molar-refractivity contribution >= 4 is 29.0 Å². The Hall–Kier alpha value is -3.57. The molecule has 3 rings (SSSR count). The molecule has 0 spiro atoms. The maximum absolute atomic E-state index is 13.0. The van der Waals surface area contributed by atoms with Crippen LogP contribution >= 0.6 is 0 Å². The van der Waals surface area contributed by atoms with Crippen LogP contribution in [0, 0.1) is 11.3 Å². The third kappa shape index (κ3) is 7.22. The monoisotopic (exact) mass is 449 g/mol. The average molecular weight is 450 g/mol. The van der Waals surface area contributed by atoms with Crippen LogP contribution in [0.3, 0.4) is 0 Å². The first-order valence-corrected chi connectivity index (χ1v) is 11.4. The van der Waals surface area contributed by atoms with Gasteiger partial charge >= 0.3 is 6.03 Å². The Balaban J connectivity index is 1.70. The Morgan fingerprint density at radius 1 is 1.03 bits per heavy atom. The second-order valence-electron chi connectivity index (χ2n) is 7.85. The number of hydrogen-bond acceptors (Lipinski definition) is 5. The molecule has 0 atom stereocenters. The fourth-order valence-corrected chi connectivity index (χ4v) is 3.74. The minimum atomic E-state index is -0.423. The molecule has 8 nitrogen and oxygen atoms in total. The van der Waals surface area contributed by atoms with Crippen molar-refractivity contribution in [2.75, 3.05) is 48.4 Å². The van der Waals surface area contributed by atoms with Crippen LogP contribution in [0.5, 0.6) is 0 Å². The van der Waals surface area contributed by atoms with Crippen LogP contribution in [0.4, 0.5) is 21.9 Å². The number of ether oxygens (including phenoxy) is 1. The van der Waals surface area contributed by atoms with Crippen LogP contribution in [0.25, 0.3) is 0 Å². The van der Waals surface area contributed by atoms with Crippen molar-refractivity contribution in [3.8, 4) is 6.07 Å². The summed E-state index contributed by atoms with van der Waals surface area (Å²) in [5.41, 5.74) is 3.05. The molecule has 0 aromatic heterocycles. The minimum absolute atomic E-state index is 0.164. The maximum Gasteiger partial charge on any atom is 0.323 e. The Morgan fingerprint density at radius 2 is 1.73 bits per heavy atom. The molecule has 0 radical (unpaired) electrons. The van der Waals surface area contributed by atoms with Gasteiger partial charge in [-0.3, -0.25) is 4.79 Å². The number of nitrogens with zero attached hydrogens (tertiary/aromatic N) is 2. The van der Waals surface area contributed by atoms with Crippen molar-refractivity contribution in [2.24, 2.45) is 0 Å². The van der Waals surface area contributed by atoms with Crippen molar-refractivity contribution in [2.45, 2.75) is 32.6 Å². The van der Waals surface area contributed by atoms with Gasteiger partial charge < -0.3 is 25.6 Å². The number of nitriles is 1. The van der Waals surface area contributed by atoms with Gasteiger partial charge in [0.15, 0.2) is 0 Å². The molecule has 0 unspecified atom stereocenters. The van der Waals surface area contributed by atoms with E-state index in [0.717, 1.165) is 38.0 Å². The lowest BCUT2D eigenvalue weighted by molar-refractivity contribution is 0.0944. The second-order valence-corrected chi connectivity index (χ2v) is 7.85. The predicted molar refractivity (Wildman–Crippen MR) is 130 cm³/mol. The lowest BCUT2D eigenvalue weighted by Crippen LogP contribution is -2.33. The zero-order valence-electron chi connectivity index (χ0n) is 19.0. The van der Waals surface area contributed by atoms with E-state index < -0.39 is 6.03 Å². The van der Waals surface area contributed by atoms with Gasteiger partial charge in [-0.05, 0) is 75.1 Å². The molecule has 2 aromatic carbocycles. The molecule has 8 heteroatoms. The summed E-state index contributed by atoms with van der Waals surface area (Å²) < 4.78 is 5.33. The molecule has 0 aliphatic carbocycles. The Bertz CT molecular complexity index is 979. The quantitative estimate of drug-likeness (QED) is 0.494. The number of rotatable bonds is 9. The van der Waals surface area contributed by atoms with Crippen LogP contribution in [-0.2, 0) is 4.74 Å². The average Bonchev–Trinajstić information content (AvgIpc) is 2.84. The van der Waals surface area contributed by atoms with E-state index in [0.29, 0.717) is 42.3 Å². The van der Waals surface area contributed by atoms with E-state index >= 15 is 0 Å². The lowest BCUT2D eigenvalue weighted by Gasteiger charge is -2.30. The first-order chi connectivity index (χ1) is 16.1. The number of carbonyl (C=O) groups is 2. The summed E-state index contributed by atoms with van der Waals surface area (Å²) in [6, 6.07) is 13.7. The third-order valence-corrected chi connectivity index (χ3v) is 5.42. The van der Waals surface area contributed by atoms with Crippen LogP contribution in [0.2, 0.25) is 0 Å². The van der Waals surface area contributed by atoms with Gasteiger partial charge in [-0.15, -0.1) is 0 Å². The molecule has 1 fully saturated rings. The molecule has 174 valence electrons. The van der Waals surface area contributed by atoms with Crippen LogP contribution < -0.4 is 20.9 Å². The maximum atomic E-state index is 13.0. The summed E-state index contributed by atoms with van der Waals surface area (Å²) in [4.78, 5) is 27.7. The Kier molecular flexibility index (Phi) is 9.09. The highest BCUT2D eigenvalue weighted by Gasteiger charge is 2.19. The summed E-state index contributed by atoms with van der Waals surface area (Å²) >= 11 is 0. The van der Waals surface area contributed by atoms with Gasteiger partial charge in [0.25, 0.3) is 5.91 Å². The number of carbonyl (C=O) groups excluding carboxylic acids is 2. The summed E-state index contributed by atoms with van der Waals surface area (Å²) in [5, 5.41) is 17.4. The fourth-order valence-electron chi connectivity index (χ4n) is 3.74. The van der Waals surface area contributed by atoms with Crippen molar-refractivity contribution < 1.29 is 14.3 Å². The summed E-state index contributed by atoms with van der Waals surface area (Å²) in [6.45, 7) is 5.56. The van der Waals surface area contributed by atoms with Gasteiger partial charge in [0, 0.05) is 49.9 Å². The van der Waals surface area contributed by atoms with E-state index in [4.69, 9.17) is 10.00 Å². The number of amides is 3. The summed E-state index contributed by atoms with van der Waals surface area (Å²) in [7, 11) is 0. The summed E-state index contributed by atoms with van der Waals surface area (Å²) in [6.07, 6.45) is 4.14. The van der Waals surface area contributed by atoms with E-state index in [1.807, 2.05) is 25.1 Å². The highest BCUT2D eigenvalue weighted by atomic mass is 16.5. The number of benzene rings is 2.